The lowest BCUT2D eigenvalue weighted by Crippen LogP contribution is -2.33. The average Bonchev–Trinajstić information content (AvgIpc) is 1.96. The lowest BCUT2D eigenvalue weighted by atomic mass is 10.5. The smallest absolute Gasteiger partial charge is 0.314 e. The van der Waals surface area contributed by atoms with Crippen molar-refractivity contribution in [3.63, 3.8) is 0 Å². The van der Waals surface area contributed by atoms with Crippen molar-refractivity contribution < 1.29 is 16.5 Å². The number of carbonyl (C=O) groups excluding carboxylic acids is 1. The van der Waals surface area contributed by atoms with Gasteiger partial charge in [0.05, 0.1) is 5.75 Å². The molecular weight excluding hydrogens is 193 g/mol. The molecule has 0 unspecified atom stereocenters. The van der Waals surface area contributed by atoms with Gasteiger partial charge >= 0.3 is 6.03 Å². The van der Waals surface area contributed by atoms with Crippen molar-refractivity contribution in [3.8, 4) is 0 Å². The van der Waals surface area contributed by atoms with Crippen LogP contribution in [0.3, 0.4) is 0 Å². The van der Waals surface area contributed by atoms with Crippen LogP contribution >= 0.6 is 11.2 Å². The Morgan fingerprint density at radius 1 is 1.42 bits per heavy atom. The summed E-state index contributed by atoms with van der Waals surface area (Å²) in [6.07, 6.45) is -0.0494. The first kappa shape index (κ1) is 11.4. The first-order valence-electron chi connectivity index (χ1n) is 3.31. The molecule has 3 nitrogen and oxygen atoms in total. The molecule has 12 heavy (non-hydrogen) atoms. The van der Waals surface area contributed by atoms with Gasteiger partial charge in [-0.05, 0) is 6.42 Å². The van der Waals surface area contributed by atoms with Crippen LogP contribution in [-0.4, -0.2) is 25.4 Å². The number of amides is 2. The molecule has 0 radical (unpaired) electrons. The summed E-state index contributed by atoms with van der Waals surface area (Å²) in [7, 11) is 1.41. The third-order valence-corrected chi connectivity index (χ3v) is 1.82. The first-order valence-corrected chi connectivity index (χ1v) is 4.81. The van der Waals surface area contributed by atoms with E-state index in [0.717, 1.165) is 0 Å². The van der Waals surface area contributed by atoms with Crippen LogP contribution in [0.2, 0.25) is 0 Å². The van der Waals surface area contributed by atoms with Crippen molar-refractivity contribution in [2.45, 2.75) is 6.42 Å². The Labute approximate surface area is 70.9 Å². The van der Waals surface area contributed by atoms with Crippen LogP contribution in [-0.2, 0) is 0 Å². The second kappa shape index (κ2) is 5.13. The zero-order valence-corrected chi connectivity index (χ0v) is 7.39. The maximum Gasteiger partial charge on any atom is 0.314 e. The molecule has 0 heterocycles. The van der Waals surface area contributed by atoms with Crippen LogP contribution in [0.15, 0.2) is 0 Å². The van der Waals surface area contributed by atoms with Crippen molar-refractivity contribution in [3.05, 3.63) is 0 Å². The molecule has 2 amide bonds. The Bertz CT molecular complexity index is 150. The molecule has 0 spiro atoms. The van der Waals surface area contributed by atoms with Gasteiger partial charge in [0.2, 0.25) is 11.2 Å². The Morgan fingerprint density at radius 2 is 2.00 bits per heavy atom. The van der Waals surface area contributed by atoms with Crippen LogP contribution in [0.4, 0.5) is 16.5 Å². The standard InChI is InChI=1S/C5H11F3N2OS/c1-9-5(11)10-3-2-4-12(6,7)8/h2-4H2,1H3,(H2,9,10,11). The minimum atomic E-state index is -4.90. The maximum atomic E-state index is 11.6. The molecule has 74 valence electrons. The summed E-state index contributed by atoms with van der Waals surface area (Å²) in [5.74, 6) is -0.781. The first-order chi connectivity index (χ1) is 5.45. The maximum absolute atomic E-state index is 11.6. The zero-order chi connectivity index (χ0) is 9.61. The lowest BCUT2D eigenvalue weighted by Gasteiger charge is -2.09. The molecule has 0 aromatic carbocycles. The van der Waals surface area contributed by atoms with Crippen molar-refractivity contribution in [2.24, 2.45) is 0 Å². The van der Waals surface area contributed by atoms with E-state index in [4.69, 9.17) is 0 Å². The summed E-state index contributed by atoms with van der Waals surface area (Å²) < 4.78 is 34.9. The molecule has 0 saturated heterocycles. The van der Waals surface area contributed by atoms with Gasteiger partial charge < -0.3 is 10.6 Å². The fourth-order valence-corrected chi connectivity index (χ4v) is 0.998. The van der Waals surface area contributed by atoms with Gasteiger partial charge in [0.25, 0.3) is 0 Å². The molecule has 0 atom stereocenters. The molecular formula is C5H11F3N2OS. The van der Waals surface area contributed by atoms with Crippen LogP contribution < -0.4 is 10.6 Å². The fourth-order valence-electron chi connectivity index (χ4n) is 0.526. The highest BCUT2D eigenvalue weighted by molar-refractivity contribution is 8.20. The SMILES string of the molecule is CNC(=O)NCCCS(F)(F)F. The van der Waals surface area contributed by atoms with E-state index in [-0.39, 0.29) is 13.0 Å². The number of rotatable bonds is 4. The van der Waals surface area contributed by atoms with E-state index in [0.29, 0.717) is 0 Å². The van der Waals surface area contributed by atoms with Gasteiger partial charge in [-0.3, -0.25) is 0 Å². The summed E-state index contributed by atoms with van der Waals surface area (Å²) in [4.78, 5) is 10.4. The number of hydrogen-bond acceptors (Lipinski definition) is 1. The summed E-state index contributed by atoms with van der Waals surface area (Å²) in [6.45, 7) is 0.0617. The highest BCUT2D eigenvalue weighted by Crippen LogP contribution is 2.53. The largest absolute Gasteiger partial charge is 0.341 e. The Hall–Kier alpha value is -0.590. The average molecular weight is 204 g/mol. The Morgan fingerprint density at radius 3 is 2.42 bits per heavy atom. The summed E-state index contributed by atoms with van der Waals surface area (Å²) >= 11 is -4.90. The van der Waals surface area contributed by atoms with Gasteiger partial charge in [-0.25, -0.2) is 4.79 Å². The van der Waals surface area contributed by atoms with Crippen molar-refractivity contribution >= 4 is 17.2 Å². The number of urea groups is 1. The molecule has 0 aromatic rings. The minimum absolute atomic E-state index is 0.0494. The van der Waals surface area contributed by atoms with Gasteiger partial charge in [-0.15, -0.1) is 11.7 Å². The molecule has 2 N–H and O–H groups in total. The van der Waals surface area contributed by atoms with Gasteiger partial charge in [0.15, 0.2) is 0 Å². The van der Waals surface area contributed by atoms with Crippen LogP contribution in [0.5, 0.6) is 0 Å². The molecule has 0 rings (SSSR count). The molecule has 0 aromatic heterocycles. The number of nitrogens with one attached hydrogen (secondary N) is 2. The second-order valence-electron chi connectivity index (χ2n) is 2.07. The van der Waals surface area contributed by atoms with Crippen LogP contribution in [0.25, 0.3) is 0 Å². The van der Waals surface area contributed by atoms with E-state index < -0.39 is 23.0 Å². The Balaban J connectivity index is 3.28. The highest BCUT2D eigenvalue weighted by atomic mass is 32.3. The number of hydrogen-bond donors (Lipinski definition) is 2. The predicted molar refractivity (Wildman–Crippen MR) is 42.9 cm³/mol. The summed E-state index contributed by atoms with van der Waals surface area (Å²) in [6, 6.07) is -0.452. The Kier molecular flexibility index (Phi) is 4.87. The molecule has 0 aliphatic heterocycles. The third-order valence-electron chi connectivity index (χ3n) is 1.07. The lowest BCUT2D eigenvalue weighted by molar-refractivity contribution is 0.243. The summed E-state index contributed by atoms with van der Waals surface area (Å²) in [5.41, 5.74) is 0. The molecule has 7 heteroatoms. The highest BCUT2D eigenvalue weighted by Gasteiger charge is 2.19. The van der Waals surface area contributed by atoms with E-state index >= 15 is 0 Å². The van der Waals surface area contributed by atoms with E-state index in [1.54, 1.807) is 0 Å². The normalized spacial score (nSPS) is 12.3. The monoisotopic (exact) mass is 204 g/mol. The van der Waals surface area contributed by atoms with Crippen molar-refractivity contribution in [1.82, 2.24) is 10.6 Å². The molecule has 0 aliphatic carbocycles. The van der Waals surface area contributed by atoms with Gasteiger partial charge in [0, 0.05) is 13.6 Å². The molecule has 0 bridgehead atoms. The number of carbonyl (C=O) groups is 1. The van der Waals surface area contributed by atoms with E-state index in [1.807, 2.05) is 0 Å². The molecule has 0 saturated carbocycles. The van der Waals surface area contributed by atoms with Crippen molar-refractivity contribution in [1.29, 1.82) is 0 Å². The predicted octanol–water partition coefficient (Wildman–Crippen LogP) is 1.76. The third kappa shape index (κ3) is 7.52. The van der Waals surface area contributed by atoms with Crippen molar-refractivity contribution in [2.75, 3.05) is 19.3 Å². The van der Waals surface area contributed by atoms with Crippen LogP contribution in [0, 0.1) is 0 Å². The van der Waals surface area contributed by atoms with E-state index in [2.05, 4.69) is 10.6 Å². The fraction of sp³-hybridized carbons (Fsp3) is 0.800. The minimum Gasteiger partial charge on any atom is -0.341 e. The second-order valence-corrected chi connectivity index (χ2v) is 3.48. The van der Waals surface area contributed by atoms with Gasteiger partial charge in [0.1, 0.15) is 0 Å². The van der Waals surface area contributed by atoms with E-state index in [1.165, 1.54) is 7.05 Å². The van der Waals surface area contributed by atoms with Gasteiger partial charge in [-0.1, -0.05) is 0 Å². The van der Waals surface area contributed by atoms with E-state index in [9.17, 15) is 16.5 Å². The summed E-state index contributed by atoms with van der Waals surface area (Å²) in [5, 5.41) is 4.51. The quantitative estimate of drug-likeness (QED) is 0.673. The molecule has 0 aliphatic rings. The topological polar surface area (TPSA) is 41.1 Å². The molecule has 0 fully saturated rings. The van der Waals surface area contributed by atoms with Gasteiger partial charge in [-0.2, -0.15) is 0 Å². The zero-order valence-electron chi connectivity index (χ0n) is 6.57. The van der Waals surface area contributed by atoms with Crippen LogP contribution in [0.1, 0.15) is 6.42 Å². The number of halogens is 3.